The van der Waals surface area contributed by atoms with E-state index in [-0.39, 0.29) is 11.4 Å². The summed E-state index contributed by atoms with van der Waals surface area (Å²) in [5.74, 6) is 1.27. The molecule has 1 atom stereocenters. The first kappa shape index (κ1) is 19.0. The third-order valence-corrected chi connectivity index (χ3v) is 6.74. The Morgan fingerprint density at radius 2 is 1.61 bits per heavy atom. The lowest BCUT2D eigenvalue weighted by atomic mass is 9.49. The normalized spacial score (nSPS) is 31.1. The molecule has 4 aliphatic rings. The summed E-state index contributed by atoms with van der Waals surface area (Å²) in [5.41, 5.74) is 0.604. The number of benzene rings is 1. The Morgan fingerprint density at radius 3 is 2.14 bits per heavy atom. The third-order valence-electron chi connectivity index (χ3n) is 6.74. The van der Waals surface area contributed by atoms with Crippen molar-refractivity contribution in [3.63, 3.8) is 0 Å². The van der Waals surface area contributed by atoms with Gasteiger partial charge in [0.1, 0.15) is 0 Å². The summed E-state index contributed by atoms with van der Waals surface area (Å²) in [5, 5.41) is 4.57. The lowest BCUT2D eigenvalue weighted by Gasteiger charge is -2.56. The van der Waals surface area contributed by atoms with Crippen molar-refractivity contribution in [1.82, 2.24) is 10.6 Å². The van der Waals surface area contributed by atoms with Crippen LogP contribution in [0.4, 0.5) is 4.79 Å². The van der Waals surface area contributed by atoms with E-state index in [9.17, 15) is 14.4 Å². The maximum atomic E-state index is 12.9. The van der Waals surface area contributed by atoms with Gasteiger partial charge in [0.25, 0.3) is 5.91 Å². The van der Waals surface area contributed by atoms with E-state index in [0.717, 1.165) is 37.0 Å². The van der Waals surface area contributed by atoms with Crippen LogP contribution in [0.5, 0.6) is 0 Å². The monoisotopic (exact) mass is 384 g/mol. The number of carbonyl (C=O) groups excluding carboxylic acids is 3. The number of esters is 1. The van der Waals surface area contributed by atoms with Crippen LogP contribution in [0.25, 0.3) is 0 Å². The molecule has 4 saturated carbocycles. The van der Waals surface area contributed by atoms with Crippen molar-refractivity contribution in [2.24, 2.45) is 23.2 Å². The molecule has 0 aromatic heterocycles. The van der Waals surface area contributed by atoms with Gasteiger partial charge in [-0.25, -0.2) is 4.79 Å². The molecule has 4 fully saturated rings. The maximum absolute atomic E-state index is 12.9. The van der Waals surface area contributed by atoms with Crippen LogP contribution in [0.15, 0.2) is 30.3 Å². The first-order valence-electron chi connectivity index (χ1n) is 10.2. The summed E-state index contributed by atoms with van der Waals surface area (Å²) in [7, 11) is 1.43. The zero-order valence-electron chi connectivity index (χ0n) is 16.3. The van der Waals surface area contributed by atoms with E-state index in [4.69, 9.17) is 4.74 Å². The Bertz CT molecular complexity index is 726. The summed E-state index contributed by atoms with van der Waals surface area (Å²) >= 11 is 0. The Balaban J connectivity index is 1.46. The molecule has 6 heteroatoms. The molecule has 28 heavy (non-hydrogen) atoms. The second-order valence-corrected chi connectivity index (χ2v) is 8.94. The van der Waals surface area contributed by atoms with Gasteiger partial charge in [-0.15, -0.1) is 0 Å². The first-order chi connectivity index (χ1) is 13.5. The van der Waals surface area contributed by atoms with Crippen LogP contribution in [-0.4, -0.2) is 25.0 Å². The van der Waals surface area contributed by atoms with Crippen molar-refractivity contribution in [2.45, 2.75) is 51.0 Å². The molecule has 1 aromatic rings. The smallest absolute Gasteiger partial charge is 0.321 e. The molecule has 0 aliphatic heterocycles. The van der Waals surface area contributed by atoms with Crippen LogP contribution in [-0.2, 0) is 14.3 Å². The average molecular weight is 384 g/mol. The summed E-state index contributed by atoms with van der Waals surface area (Å²) in [6.45, 7) is 0. The number of hydrogen-bond donors (Lipinski definition) is 2. The van der Waals surface area contributed by atoms with Gasteiger partial charge in [0, 0.05) is 12.6 Å². The van der Waals surface area contributed by atoms with Crippen molar-refractivity contribution < 1.29 is 19.1 Å². The molecule has 1 aromatic carbocycles. The zero-order valence-corrected chi connectivity index (χ0v) is 16.3. The Labute approximate surface area is 165 Å². The molecule has 0 radical (unpaired) electrons. The Morgan fingerprint density at radius 1 is 1.04 bits per heavy atom. The molecule has 0 saturated heterocycles. The summed E-state index contributed by atoms with van der Waals surface area (Å²) in [4.78, 5) is 37.0. The van der Waals surface area contributed by atoms with Gasteiger partial charge < -0.3 is 10.1 Å². The highest BCUT2D eigenvalue weighted by atomic mass is 16.5. The predicted molar refractivity (Wildman–Crippen MR) is 103 cm³/mol. The quantitative estimate of drug-likeness (QED) is 0.763. The van der Waals surface area contributed by atoms with Crippen molar-refractivity contribution in [1.29, 1.82) is 0 Å². The van der Waals surface area contributed by atoms with Gasteiger partial charge in [0.05, 0.1) is 6.42 Å². The summed E-state index contributed by atoms with van der Waals surface area (Å²) in [6.07, 6.45) is 6.51. The van der Waals surface area contributed by atoms with Crippen molar-refractivity contribution >= 4 is 17.9 Å². The van der Waals surface area contributed by atoms with Crippen molar-refractivity contribution in [2.75, 3.05) is 7.05 Å². The van der Waals surface area contributed by atoms with Crippen LogP contribution < -0.4 is 10.6 Å². The second kappa shape index (κ2) is 7.57. The highest BCUT2D eigenvalue weighted by Gasteiger charge is 2.51. The van der Waals surface area contributed by atoms with E-state index >= 15 is 0 Å². The molecule has 3 amide bonds. The molecule has 150 valence electrons. The highest BCUT2D eigenvalue weighted by molar-refractivity contribution is 5.97. The summed E-state index contributed by atoms with van der Waals surface area (Å²) < 4.78 is 5.65. The van der Waals surface area contributed by atoms with Gasteiger partial charge in [-0.2, -0.15) is 0 Å². The number of nitrogens with one attached hydrogen (secondary N) is 2. The molecule has 5 rings (SSSR count). The van der Waals surface area contributed by atoms with E-state index < -0.39 is 18.0 Å². The summed E-state index contributed by atoms with van der Waals surface area (Å²) in [6, 6.07) is 8.22. The molecule has 2 N–H and O–H groups in total. The van der Waals surface area contributed by atoms with E-state index in [1.165, 1.54) is 26.3 Å². The first-order valence-corrected chi connectivity index (χ1v) is 10.2. The van der Waals surface area contributed by atoms with Gasteiger partial charge in [0.2, 0.25) is 6.10 Å². The van der Waals surface area contributed by atoms with Crippen LogP contribution in [0.1, 0.15) is 56.6 Å². The minimum atomic E-state index is -1.13. The van der Waals surface area contributed by atoms with Crippen LogP contribution in [0.2, 0.25) is 0 Å². The molecule has 0 unspecified atom stereocenters. The number of carbonyl (C=O) groups is 3. The van der Waals surface area contributed by atoms with E-state index in [1.807, 2.05) is 6.07 Å². The van der Waals surface area contributed by atoms with Crippen LogP contribution in [0.3, 0.4) is 0 Å². The number of urea groups is 1. The molecular weight excluding hydrogens is 356 g/mol. The standard InChI is InChI=1S/C22H28N2O4/c1-23-21(27)24-20(26)19(17-5-3-2-4-6-17)28-18(25)13-22-10-14-7-15(11-22)9-16(8-14)12-22/h2-6,14-16,19H,7-13H2,1H3,(H2,23,24,26,27)/t14?,15?,16?,19-,22?/m1/s1. The van der Waals surface area contributed by atoms with Crippen molar-refractivity contribution in [3.8, 4) is 0 Å². The predicted octanol–water partition coefficient (Wildman–Crippen LogP) is 3.33. The van der Waals surface area contributed by atoms with Crippen LogP contribution >= 0.6 is 0 Å². The molecule has 4 bridgehead atoms. The highest BCUT2D eigenvalue weighted by Crippen LogP contribution is 2.61. The molecule has 4 aliphatic carbocycles. The fourth-order valence-corrected chi connectivity index (χ4v) is 6.13. The van der Waals surface area contributed by atoms with Crippen molar-refractivity contribution in [3.05, 3.63) is 35.9 Å². The van der Waals surface area contributed by atoms with Crippen LogP contribution in [0, 0.1) is 23.2 Å². The molecule has 6 nitrogen and oxygen atoms in total. The Kier molecular flexibility index (Phi) is 5.13. The lowest BCUT2D eigenvalue weighted by Crippen LogP contribution is -2.47. The fourth-order valence-electron chi connectivity index (χ4n) is 6.13. The number of rotatable bonds is 5. The second-order valence-electron chi connectivity index (χ2n) is 8.94. The van der Waals surface area contributed by atoms with E-state index in [2.05, 4.69) is 10.6 Å². The maximum Gasteiger partial charge on any atom is 0.321 e. The minimum Gasteiger partial charge on any atom is -0.447 e. The largest absolute Gasteiger partial charge is 0.447 e. The van der Waals surface area contributed by atoms with Gasteiger partial charge in [-0.3, -0.25) is 14.9 Å². The number of hydrogen-bond acceptors (Lipinski definition) is 4. The van der Waals surface area contributed by atoms with E-state index in [1.54, 1.807) is 24.3 Å². The van der Waals surface area contributed by atoms with Gasteiger partial charge in [-0.05, 0) is 61.7 Å². The number of amides is 3. The zero-order chi connectivity index (χ0) is 19.7. The third kappa shape index (κ3) is 3.91. The number of ether oxygens (including phenoxy) is 1. The van der Waals surface area contributed by atoms with Gasteiger partial charge >= 0.3 is 12.0 Å². The minimum absolute atomic E-state index is 0.0460. The molecule has 0 spiro atoms. The lowest BCUT2D eigenvalue weighted by molar-refractivity contribution is -0.162. The average Bonchev–Trinajstić information content (AvgIpc) is 2.65. The fraction of sp³-hybridized carbons (Fsp3) is 0.591. The number of imide groups is 1. The van der Waals surface area contributed by atoms with Gasteiger partial charge in [0.15, 0.2) is 0 Å². The van der Waals surface area contributed by atoms with E-state index in [0.29, 0.717) is 12.0 Å². The topological polar surface area (TPSA) is 84.5 Å². The van der Waals surface area contributed by atoms with Gasteiger partial charge in [-0.1, -0.05) is 30.3 Å². The molecular formula is C22H28N2O4. The molecule has 0 heterocycles. The Hall–Kier alpha value is -2.37. The SMILES string of the molecule is CNC(=O)NC(=O)[C@H](OC(=O)CC12CC3CC(CC(C3)C1)C2)c1ccccc1.